The molecule has 6 nitrogen and oxygen atoms in total. The molecule has 0 aromatic carbocycles. The number of rotatable bonds is 6. The third-order valence-corrected chi connectivity index (χ3v) is 2.37. The zero-order valence-corrected chi connectivity index (χ0v) is 12.7. The molecule has 7 heteroatoms. The SMILES string of the molecule is C=CCNC(=O)CN=C(N)NCC1CCCO1.I. The maximum atomic E-state index is 11.2. The van der Waals surface area contributed by atoms with Crippen LogP contribution in [0.25, 0.3) is 0 Å². The van der Waals surface area contributed by atoms with Gasteiger partial charge in [-0.15, -0.1) is 30.6 Å². The summed E-state index contributed by atoms with van der Waals surface area (Å²) >= 11 is 0. The smallest absolute Gasteiger partial charge is 0.242 e. The molecule has 1 amide bonds. The lowest BCUT2D eigenvalue weighted by molar-refractivity contribution is -0.119. The Morgan fingerprint density at radius 1 is 1.56 bits per heavy atom. The van der Waals surface area contributed by atoms with Crippen molar-refractivity contribution in [1.29, 1.82) is 0 Å². The summed E-state index contributed by atoms with van der Waals surface area (Å²) in [5.41, 5.74) is 5.61. The lowest BCUT2D eigenvalue weighted by Crippen LogP contribution is -2.38. The Labute approximate surface area is 124 Å². The first-order valence-electron chi connectivity index (χ1n) is 5.75. The Bertz CT molecular complexity index is 291. The molecule has 18 heavy (non-hydrogen) atoms. The topological polar surface area (TPSA) is 88.7 Å². The molecule has 1 saturated heterocycles. The van der Waals surface area contributed by atoms with Crippen molar-refractivity contribution in [3.63, 3.8) is 0 Å². The zero-order valence-electron chi connectivity index (χ0n) is 10.4. The zero-order chi connectivity index (χ0) is 12.5. The summed E-state index contributed by atoms with van der Waals surface area (Å²) in [4.78, 5) is 15.1. The van der Waals surface area contributed by atoms with Gasteiger partial charge in [0.15, 0.2) is 5.96 Å². The Morgan fingerprint density at radius 3 is 2.94 bits per heavy atom. The van der Waals surface area contributed by atoms with E-state index >= 15 is 0 Å². The lowest BCUT2D eigenvalue weighted by atomic mass is 10.2. The summed E-state index contributed by atoms with van der Waals surface area (Å²) in [6.07, 6.45) is 3.95. The minimum Gasteiger partial charge on any atom is -0.376 e. The average molecular weight is 368 g/mol. The van der Waals surface area contributed by atoms with E-state index < -0.39 is 0 Å². The Hall–Kier alpha value is -0.830. The number of nitrogens with zero attached hydrogens (tertiary/aromatic N) is 1. The third-order valence-electron chi connectivity index (χ3n) is 2.37. The lowest BCUT2D eigenvalue weighted by Gasteiger charge is -2.10. The highest BCUT2D eigenvalue weighted by Gasteiger charge is 2.14. The first kappa shape index (κ1) is 17.2. The van der Waals surface area contributed by atoms with E-state index in [1.165, 1.54) is 0 Å². The van der Waals surface area contributed by atoms with Crippen LogP contribution < -0.4 is 16.4 Å². The summed E-state index contributed by atoms with van der Waals surface area (Å²) in [6.45, 7) is 5.42. The van der Waals surface area contributed by atoms with E-state index in [0.717, 1.165) is 19.4 Å². The first-order valence-corrected chi connectivity index (χ1v) is 5.75. The van der Waals surface area contributed by atoms with Crippen molar-refractivity contribution in [2.45, 2.75) is 18.9 Å². The second-order valence-corrected chi connectivity index (χ2v) is 3.81. The quantitative estimate of drug-likeness (QED) is 0.266. The van der Waals surface area contributed by atoms with Gasteiger partial charge in [-0.25, -0.2) is 4.99 Å². The van der Waals surface area contributed by atoms with Gasteiger partial charge in [0.25, 0.3) is 0 Å². The number of hydrogen-bond donors (Lipinski definition) is 3. The van der Waals surface area contributed by atoms with E-state index in [2.05, 4.69) is 22.2 Å². The van der Waals surface area contributed by atoms with Crippen molar-refractivity contribution < 1.29 is 9.53 Å². The van der Waals surface area contributed by atoms with Crippen LogP contribution >= 0.6 is 24.0 Å². The molecule has 0 radical (unpaired) electrons. The highest BCUT2D eigenvalue weighted by atomic mass is 127. The second kappa shape index (κ2) is 10.1. The minimum absolute atomic E-state index is 0. The second-order valence-electron chi connectivity index (χ2n) is 3.81. The van der Waals surface area contributed by atoms with Crippen molar-refractivity contribution >= 4 is 35.8 Å². The average Bonchev–Trinajstić information content (AvgIpc) is 2.84. The molecule has 104 valence electrons. The van der Waals surface area contributed by atoms with E-state index in [-0.39, 0.29) is 48.5 Å². The maximum absolute atomic E-state index is 11.2. The normalized spacial score (nSPS) is 18.9. The van der Waals surface area contributed by atoms with Gasteiger partial charge in [-0.2, -0.15) is 0 Å². The third kappa shape index (κ3) is 7.49. The van der Waals surface area contributed by atoms with Crippen LogP contribution in [0.15, 0.2) is 17.6 Å². The molecule has 1 atom stereocenters. The fourth-order valence-electron chi connectivity index (χ4n) is 1.48. The van der Waals surface area contributed by atoms with Crippen LogP contribution in [0, 0.1) is 0 Å². The molecule has 0 aromatic heterocycles. The van der Waals surface area contributed by atoms with Gasteiger partial charge in [-0.1, -0.05) is 6.08 Å². The molecule has 1 aliphatic heterocycles. The number of amides is 1. The molecule has 1 fully saturated rings. The van der Waals surface area contributed by atoms with Crippen molar-refractivity contribution in [2.24, 2.45) is 10.7 Å². The molecular formula is C11H21IN4O2. The number of nitrogens with two attached hydrogens (primary N) is 1. The van der Waals surface area contributed by atoms with E-state index in [9.17, 15) is 4.79 Å². The molecule has 1 rings (SSSR count). The fourth-order valence-corrected chi connectivity index (χ4v) is 1.48. The van der Waals surface area contributed by atoms with Crippen molar-refractivity contribution in [1.82, 2.24) is 10.6 Å². The van der Waals surface area contributed by atoms with Crippen molar-refractivity contribution in [3.05, 3.63) is 12.7 Å². The van der Waals surface area contributed by atoms with E-state index in [0.29, 0.717) is 13.1 Å². The largest absolute Gasteiger partial charge is 0.376 e. The Balaban J connectivity index is 0.00000289. The first-order chi connectivity index (χ1) is 8.22. The Morgan fingerprint density at radius 2 is 2.33 bits per heavy atom. The summed E-state index contributed by atoms with van der Waals surface area (Å²) < 4.78 is 5.42. The van der Waals surface area contributed by atoms with Gasteiger partial charge in [-0.3, -0.25) is 4.79 Å². The number of hydrogen-bond acceptors (Lipinski definition) is 3. The molecule has 0 saturated carbocycles. The number of aliphatic imine (C=N–C) groups is 1. The molecule has 1 aliphatic rings. The molecule has 0 aliphatic carbocycles. The summed E-state index contributed by atoms with van der Waals surface area (Å²) in [5, 5.41) is 5.55. The van der Waals surface area contributed by atoms with Crippen LogP contribution in [0.2, 0.25) is 0 Å². The summed E-state index contributed by atoms with van der Waals surface area (Å²) in [6, 6.07) is 0. The number of nitrogens with one attached hydrogen (secondary N) is 2. The van der Waals surface area contributed by atoms with Gasteiger partial charge in [0.2, 0.25) is 5.91 Å². The molecule has 0 aromatic rings. The summed E-state index contributed by atoms with van der Waals surface area (Å²) in [5.74, 6) is 0.0982. The standard InChI is InChI=1S/C11H20N4O2.HI/c1-2-5-13-10(16)8-15-11(12)14-7-9-4-3-6-17-9;/h2,9H,1,3-8H2,(H,13,16)(H3,12,14,15);1H. The predicted molar refractivity (Wildman–Crippen MR) is 82.1 cm³/mol. The van der Waals surface area contributed by atoms with Crippen LogP contribution in [0.5, 0.6) is 0 Å². The minimum atomic E-state index is -0.174. The monoisotopic (exact) mass is 368 g/mol. The molecule has 4 N–H and O–H groups in total. The number of carbonyl (C=O) groups excluding carboxylic acids is 1. The Kier molecular flexibility index (Phi) is 9.66. The van der Waals surface area contributed by atoms with Gasteiger partial charge >= 0.3 is 0 Å². The molecule has 0 spiro atoms. The number of halogens is 1. The van der Waals surface area contributed by atoms with Crippen LogP contribution in [-0.2, 0) is 9.53 Å². The van der Waals surface area contributed by atoms with Crippen LogP contribution in [0.3, 0.4) is 0 Å². The number of carbonyl (C=O) groups is 1. The molecule has 0 bridgehead atoms. The van der Waals surface area contributed by atoms with Crippen molar-refractivity contribution in [3.8, 4) is 0 Å². The van der Waals surface area contributed by atoms with Gasteiger partial charge < -0.3 is 21.1 Å². The fraction of sp³-hybridized carbons (Fsp3) is 0.636. The van der Waals surface area contributed by atoms with E-state index in [1.807, 2.05) is 0 Å². The van der Waals surface area contributed by atoms with Gasteiger partial charge in [0, 0.05) is 19.7 Å². The van der Waals surface area contributed by atoms with E-state index in [1.54, 1.807) is 6.08 Å². The van der Waals surface area contributed by atoms with E-state index in [4.69, 9.17) is 10.5 Å². The molecule has 1 unspecified atom stereocenters. The van der Waals surface area contributed by atoms with Gasteiger partial charge in [0.05, 0.1) is 6.10 Å². The highest BCUT2D eigenvalue weighted by molar-refractivity contribution is 14.0. The maximum Gasteiger partial charge on any atom is 0.242 e. The van der Waals surface area contributed by atoms with Gasteiger partial charge in [-0.05, 0) is 12.8 Å². The van der Waals surface area contributed by atoms with Crippen molar-refractivity contribution in [2.75, 3.05) is 26.2 Å². The summed E-state index contributed by atoms with van der Waals surface area (Å²) in [7, 11) is 0. The van der Waals surface area contributed by atoms with Crippen LogP contribution in [0.1, 0.15) is 12.8 Å². The number of guanidine groups is 1. The highest BCUT2D eigenvalue weighted by Crippen LogP contribution is 2.10. The van der Waals surface area contributed by atoms with Gasteiger partial charge in [0.1, 0.15) is 6.54 Å². The number of ether oxygens (including phenoxy) is 1. The molecule has 1 heterocycles. The molecular weight excluding hydrogens is 347 g/mol. The van der Waals surface area contributed by atoms with Crippen LogP contribution in [-0.4, -0.2) is 44.2 Å². The van der Waals surface area contributed by atoms with Crippen LogP contribution in [0.4, 0.5) is 0 Å². The predicted octanol–water partition coefficient (Wildman–Crippen LogP) is -0.0101.